The van der Waals surface area contributed by atoms with E-state index in [1.54, 1.807) is 30.3 Å². The minimum Gasteiger partial charge on any atom is -0.456 e. The Labute approximate surface area is 204 Å². The van der Waals surface area contributed by atoms with E-state index in [1.165, 1.54) is 36.4 Å². The van der Waals surface area contributed by atoms with E-state index in [-0.39, 0.29) is 23.1 Å². The summed E-state index contributed by atoms with van der Waals surface area (Å²) in [5.41, 5.74) is -0.214. The molecule has 176 valence electrons. The number of carbonyl (C=O) groups excluding carboxylic acids is 4. The highest BCUT2D eigenvalue weighted by molar-refractivity contribution is 6.30. The number of ketones is 1. The van der Waals surface area contributed by atoms with E-state index >= 15 is 0 Å². The third kappa shape index (κ3) is 4.80. The van der Waals surface area contributed by atoms with Gasteiger partial charge in [-0.2, -0.15) is 0 Å². The lowest BCUT2D eigenvalue weighted by atomic mass is 10.0. The highest BCUT2D eigenvalue weighted by Crippen LogP contribution is 2.33. The third-order valence-corrected chi connectivity index (χ3v) is 5.74. The maximum absolute atomic E-state index is 13.2. The van der Waals surface area contributed by atoms with E-state index in [0.717, 1.165) is 6.07 Å². The zero-order valence-corrected chi connectivity index (χ0v) is 18.8. The van der Waals surface area contributed by atoms with Crippen molar-refractivity contribution in [1.29, 1.82) is 0 Å². The van der Waals surface area contributed by atoms with Crippen LogP contribution in [0.25, 0.3) is 0 Å². The number of nitrogens with zero attached hydrogens (tertiary/aromatic N) is 2. The van der Waals surface area contributed by atoms with Gasteiger partial charge in [0.2, 0.25) is 0 Å². The van der Waals surface area contributed by atoms with Crippen LogP contribution in [-0.4, -0.2) is 46.0 Å². The van der Waals surface area contributed by atoms with Crippen LogP contribution in [0.2, 0.25) is 5.02 Å². The Bertz CT molecular complexity index is 1340. The monoisotopic (exact) mass is 492 g/mol. The molecule has 3 aromatic carbocycles. The number of rotatable bonds is 8. The molecule has 0 radical (unpaired) electrons. The van der Waals surface area contributed by atoms with Gasteiger partial charge in [-0.3, -0.25) is 29.4 Å². The van der Waals surface area contributed by atoms with Crippen LogP contribution in [-0.2, 0) is 16.0 Å². The molecule has 10 heteroatoms. The van der Waals surface area contributed by atoms with Gasteiger partial charge in [-0.25, -0.2) is 4.79 Å². The molecule has 1 heterocycles. The molecular weight excluding hydrogens is 476 g/mol. The van der Waals surface area contributed by atoms with Crippen LogP contribution in [0, 0.1) is 10.1 Å². The number of fused-ring (bicyclic) bond motifs is 1. The topological polar surface area (TPSA) is 124 Å². The summed E-state index contributed by atoms with van der Waals surface area (Å²) in [6.45, 7) is -0.630. The van der Waals surface area contributed by atoms with E-state index in [9.17, 15) is 29.3 Å². The Morgan fingerprint density at radius 3 is 2.29 bits per heavy atom. The van der Waals surface area contributed by atoms with E-state index < -0.39 is 46.8 Å². The van der Waals surface area contributed by atoms with Gasteiger partial charge in [-0.05, 0) is 35.9 Å². The highest BCUT2D eigenvalue weighted by atomic mass is 35.5. The molecular formula is C25H17ClN2O7. The number of carbonyl (C=O) groups is 4. The highest BCUT2D eigenvalue weighted by Gasteiger charge is 2.47. The second-order valence-electron chi connectivity index (χ2n) is 7.68. The van der Waals surface area contributed by atoms with Crippen molar-refractivity contribution in [2.75, 3.05) is 6.61 Å². The largest absolute Gasteiger partial charge is 0.456 e. The number of nitro benzene ring substituents is 1. The summed E-state index contributed by atoms with van der Waals surface area (Å²) < 4.78 is 5.21. The minimum absolute atomic E-state index is 0.103. The Morgan fingerprint density at radius 2 is 1.63 bits per heavy atom. The smallest absolute Gasteiger partial charge is 0.330 e. The van der Waals surface area contributed by atoms with Crippen LogP contribution in [0.4, 0.5) is 5.69 Å². The van der Waals surface area contributed by atoms with Crippen molar-refractivity contribution < 1.29 is 28.8 Å². The summed E-state index contributed by atoms with van der Waals surface area (Å²) in [6, 6.07) is 16.8. The molecule has 1 atom stereocenters. The Kier molecular flexibility index (Phi) is 6.70. The molecule has 0 saturated heterocycles. The summed E-state index contributed by atoms with van der Waals surface area (Å²) >= 11 is 5.82. The summed E-state index contributed by atoms with van der Waals surface area (Å²) in [4.78, 5) is 63.2. The van der Waals surface area contributed by atoms with Crippen molar-refractivity contribution in [1.82, 2.24) is 4.90 Å². The maximum Gasteiger partial charge on any atom is 0.330 e. The Morgan fingerprint density at radius 1 is 0.943 bits per heavy atom. The van der Waals surface area contributed by atoms with E-state index in [2.05, 4.69) is 0 Å². The number of benzene rings is 3. The lowest BCUT2D eigenvalue weighted by molar-refractivity contribution is -0.385. The first kappa shape index (κ1) is 23.8. The van der Waals surface area contributed by atoms with E-state index in [4.69, 9.17) is 16.3 Å². The van der Waals surface area contributed by atoms with Crippen LogP contribution in [0.3, 0.4) is 0 Å². The third-order valence-electron chi connectivity index (χ3n) is 5.49. The molecule has 0 unspecified atom stereocenters. The number of ether oxygens (including phenoxy) is 1. The van der Waals surface area contributed by atoms with Crippen molar-refractivity contribution in [3.63, 3.8) is 0 Å². The average Bonchev–Trinajstić information content (AvgIpc) is 3.11. The predicted molar refractivity (Wildman–Crippen MR) is 124 cm³/mol. The normalized spacial score (nSPS) is 13.3. The van der Waals surface area contributed by atoms with E-state index in [1.807, 2.05) is 0 Å². The zero-order chi connectivity index (χ0) is 25.1. The van der Waals surface area contributed by atoms with Gasteiger partial charge in [0.15, 0.2) is 12.4 Å². The number of hydrogen-bond acceptors (Lipinski definition) is 7. The number of esters is 1. The first-order valence-corrected chi connectivity index (χ1v) is 10.8. The van der Waals surface area contributed by atoms with Gasteiger partial charge in [0.1, 0.15) is 11.6 Å². The van der Waals surface area contributed by atoms with Gasteiger partial charge in [0.05, 0.1) is 10.5 Å². The van der Waals surface area contributed by atoms with Crippen molar-refractivity contribution in [2.24, 2.45) is 0 Å². The molecule has 35 heavy (non-hydrogen) atoms. The van der Waals surface area contributed by atoms with Crippen LogP contribution in [0.15, 0.2) is 72.8 Å². The quantitative estimate of drug-likeness (QED) is 0.154. The number of Topliss-reactive ketones (excluding diaryl/α,β-unsaturated/α-hetero) is 1. The molecule has 2 amide bonds. The Balaban J connectivity index is 1.62. The second kappa shape index (κ2) is 9.86. The van der Waals surface area contributed by atoms with Crippen LogP contribution in [0.5, 0.6) is 0 Å². The lowest BCUT2D eigenvalue weighted by Gasteiger charge is -2.24. The van der Waals surface area contributed by atoms with Crippen LogP contribution >= 0.6 is 11.6 Å². The van der Waals surface area contributed by atoms with Gasteiger partial charge in [-0.15, -0.1) is 0 Å². The number of nitro groups is 1. The van der Waals surface area contributed by atoms with Crippen LogP contribution in [0.1, 0.15) is 36.6 Å². The number of amides is 2. The standard InChI is InChI=1S/C25H17ClN2O7/c26-17-11-9-16(10-12-17)21(29)14-35-25(32)20(13-15-5-2-1-3-6-15)27-23(30)18-7-4-8-19(28(33)34)22(18)24(27)31/h1-12,20H,13-14H2/t20-/m0/s1. The molecule has 0 N–H and O–H groups in total. The van der Waals surface area contributed by atoms with Gasteiger partial charge >= 0.3 is 5.97 Å². The summed E-state index contributed by atoms with van der Waals surface area (Å²) in [7, 11) is 0. The molecule has 0 spiro atoms. The van der Waals surface area contributed by atoms with Gasteiger partial charge in [0, 0.05) is 23.1 Å². The number of imide groups is 1. The van der Waals surface area contributed by atoms with Crippen LogP contribution < -0.4 is 0 Å². The van der Waals surface area contributed by atoms with Gasteiger partial charge in [0.25, 0.3) is 17.5 Å². The van der Waals surface area contributed by atoms with Crippen molar-refractivity contribution in [3.05, 3.63) is 110 Å². The Hall–Kier alpha value is -4.37. The molecule has 3 aromatic rings. The lowest BCUT2D eigenvalue weighted by Crippen LogP contribution is -2.47. The molecule has 0 bridgehead atoms. The van der Waals surface area contributed by atoms with Crippen molar-refractivity contribution in [3.8, 4) is 0 Å². The first-order chi connectivity index (χ1) is 16.8. The molecule has 9 nitrogen and oxygen atoms in total. The first-order valence-electron chi connectivity index (χ1n) is 10.4. The number of hydrogen-bond donors (Lipinski definition) is 0. The fourth-order valence-electron chi connectivity index (χ4n) is 3.79. The molecule has 0 aliphatic carbocycles. The average molecular weight is 493 g/mol. The SMILES string of the molecule is O=C(COC(=O)[C@H](Cc1ccccc1)N1C(=O)c2cccc([N+](=O)[O-])c2C1=O)c1ccc(Cl)cc1. The molecule has 4 rings (SSSR count). The summed E-state index contributed by atoms with van der Waals surface area (Å²) in [5.74, 6) is -3.32. The number of halogens is 1. The fraction of sp³-hybridized carbons (Fsp3) is 0.120. The molecule has 0 fully saturated rings. The van der Waals surface area contributed by atoms with Gasteiger partial charge in [-0.1, -0.05) is 48.0 Å². The summed E-state index contributed by atoms with van der Waals surface area (Å²) in [5, 5.41) is 11.9. The van der Waals surface area contributed by atoms with Crippen molar-refractivity contribution in [2.45, 2.75) is 12.5 Å². The molecule has 0 saturated carbocycles. The van der Waals surface area contributed by atoms with Gasteiger partial charge < -0.3 is 4.74 Å². The fourth-order valence-corrected chi connectivity index (χ4v) is 3.92. The predicted octanol–water partition coefficient (Wildman–Crippen LogP) is 3.88. The van der Waals surface area contributed by atoms with Crippen molar-refractivity contribution >= 4 is 40.9 Å². The van der Waals surface area contributed by atoms with E-state index in [0.29, 0.717) is 15.5 Å². The minimum atomic E-state index is -1.44. The maximum atomic E-state index is 13.2. The molecule has 1 aliphatic heterocycles. The molecule has 1 aliphatic rings. The second-order valence-corrected chi connectivity index (χ2v) is 8.12. The zero-order valence-electron chi connectivity index (χ0n) is 18.0. The summed E-state index contributed by atoms with van der Waals surface area (Å²) in [6.07, 6.45) is -0.103. The molecule has 0 aromatic heterocycles.